The summed E-state index contributed by atoms with van der Waals surface area (Å²) >= 11 is 6.33. The highest BCUT2D eigenvalue weighted by Crippen LogP contribution is 2.44. The van der Waals surface area contributed by atoms with E-state index in [0.717, 1.165) is 24.0 Å². The molecular weight excluding hydrogens is 366 g/mol. The van der Waals surface area contributed by atoms with Crippen molar-refractivity contribution in [1.82, 2.24) is 10.3 Å². The van der Waals surface area contributed by atoms with Gasteiger partial charge >= 0.3 is 6.03 Å². The van der Waals surface area contributed by atoms with Gasteiger partial charge in [0.2, 0.25) is 0 Å². The topological polar surface area (TPSA) is 72.5 Å². The van der Waals surface area contributed by atoms with Crippen LogP contribution in [0.3, 0.4) is 0 Å². The highest BCUT2D eigenvalue weighted by Gasteiger charge is 2.34. The van der Waals surface area contributed by atoms with Gasteiger partial charge in [-0.1, -0.05) is 17.7 Å². The number of aromatic nitrogens is 1. The summed E-state index contributed by atoms with van der Waals surface area (Å²) in [5.74, 6) is 0.649. The van der Waals surface area contributed by atoms with Gasteiger partial charge in [-0.15, -0.1) is 0 Å². The average Bonchev–Trinajstić information content (AvgIpc) is 3.21. The van der Waals surface area contributed by atoms with E-state index in [2.05, 4.69) is 15.6 Å². The Labute approximate surface area is 163 Å². The van der Waals surface area contributed by atoms with Crippen LogP contribution in [0.25, 0.3) is 0 Å². The number of benzene rings is 1. The largest absolute Gasteiger partial charge is 0.485 e. The van der Waals surface area contributed by atoms with Crippen molar-refractivity contribution in [2.24, 2.45) is 0 Å². The molecule has 0 unspecified atom stereocenters. The number of nitrogens with zero attached hydrogens (tertiary/aromatic N) is 1. The number of anilines is 1. The minimum absolute atomic E-state index is 0.125. The maximum atomic E-state index is 12.7. The van der Waals surface area contributed by atoms with Crippen LogP contribution in [-0.4, -0.2) is 29.3 Å². The summed E-state index contributed by atoms with van der Waals surface area (Å²) < 4.78 is 11.8. The summed E-state index contributed by atoms with van der Waals surface area (Å²) in [5.41, 5.74) is 2.23. The highest BCUT2D eigenvalue weighted by atomic mass is 35.5. The number of halogens is 1. The highest BCUT2D eigenvalue weighted by molar-refractivity contribution is 6.34. The van der Waals surface area contributed by atoms with E-state index in [1.807, 2.05) is 32.0 Å². The maximum absolute atomic E-state index is 12.7. The lowest BCUT2D eigenvalue weighted by Gasteiger charge is -2.22. The Morgan fingerprint density at radius 3 is 2.81 bits per heavy atom. The van der Waals surface area contributed by atoms with Gasteiger partial charge in [-0.3, -0.25) is 4.98 Å². The van der Waals surface area contributed by atoms with E-state index in [1.165, 1.54) is 0 Å². The number of hydrogen-bond donors (Lipinski definition) is 2. The molecule has 2 aliphatic heterocycles. The number of fused-ring (bicyclic) bond motifs is 1. The molecule has 4 rings (SSSR count). The van der Waals surface area contributed by atoms with E-state index in [-0.39, 0.29) is 23.8 Å². The van der Waals surface area contributed by atoms with E-state index < -0.39 is 0 Å². The van der Waals surface area contributed by atoms with Crippen LogP contribution >= 0.6 is 11.6 Å². The normalized spacial score (nSPS) is 22.8. The molecule has 1 fully saturated rings. The first-order chi connectivity index (χ1) is 12.9. The van der Waals surface area contributed by atoms with Crippen LogP contribution in [0.4, 0.5) is 10.5 Å². The van der Waals surface area contributed by atoms with Crippen LogP contribution in [-0.2, 0) is 11.2 Å². The molecule has 0 spiro atoms. The maximum Gasteiger partial charge on any atom is 0.319 e. The molecule has 0 radical (unpaired) electrons. The molecule has 2 amide bonds. The van der Waals surface area contributed by atoms with E-state index >= 15 is 0 Å². The number of rotatable bonds is 3. The SMILES string of the molecule is CC1(C)Cc2ccc(Cl)c(NC(=O)N[C@@H]3CCO[C@H]3c3ccncc3)c2O1. The minimum Gasteiger partial charge on any atom is -0.485 e. The number of amides is 2. The zero-order valence-corrected chi connectivity index (χ0v) is 16.0. The monoisotopic (exact) mass is 387 g/mol. The molecule has 2 aromatic rings. The second-order valence-corrected chi connectivity index (χ2v) is 7.92. The number of carbonyl (C=O) groups excluding carboxylic acids is 1. The number of nitrogens with one attached hydrogen (secondary N) is 2. The van der Waals surface area contributed by atoms with Crippen molar-refractivity contribution >= 4 is 23.3 Å². The zero-order chi connectivity index (χ0) is 19.0. The summed E-state index contributed by atoms with van der Waals surface area (Å²) in [6.07, 6.45) is 4.77. The van der Waals surface area contributed by atoms with Crippen molar-refractivity contribution in [2.45, 2.75) is 44.4 Å². The molecule has 1 aromatic heterocycles. The number of pyridine rings is 1. The predicted octanol–water partition coefficient (Wildman–Crippen LogP) is 4.10. The van der Waals surface area contributed by atoms with Gasteiger partial charge in [0.25, 0.3) is 0 Å². The molecule has 0 saturated carbocycles. The summed E-state index contributed by atoms with van der Waals surface area (Å²) in [6.45, 7) is 4.62. The molecule has 6 nitrogen and oxygen atoms in total. The Morgan fingerprint density at radius 2 is 2.04 bits per heavy atom. The van der Waals surface area contributed by atoms with Gasteiger partial charge in [0.1, 0.15) is 23.1 Å². The lowest BCUT2D eigenvalue weighted by molar-refractivity contribution is 0.100. The zero-order valence-electron chi connectivity index (χ0n) is 15.3. The van der Waals surface area contributed by atoms with E-state index in [1.54, 1.807) is 18.5 Å². The Morgan fingerprint density at radius 1 is 1.26 bits per heavy atom. The van der Waals surface area contributed by atoms with Gasteiger partial charge in [-0.05, 0) is 44.0 Å². The van der Waals surface area contributed by atoms with Gasteiger partial charge < -0.3 is 20.1 Å². The third-order valence-corrected chi connectivity index (χ3v) is 5.18. The lowest BCUT2D eigenvalue weighted by atomic mass is 10.0. The fourth-order valence-electron chi connectivity index (χ4n) is 3.68. The van der Waals surface area contributed by atoms with E-state index in [0.29, 0.717) is 23.1 Å². The van der Waals surface area contributed by atoms with E-state index in [4.69, 9.17) is 21.1 Å². The fraction of sp³-hybridized carbons (Fsp3) is 0.400. The van der Waals surface area contributed by atoms with Crippen LogP contribution in [0, 0.1) is 0 Å². The van der Waals surface area contributed by atoms with Crippen molar-refractivity contribution in [2.75, 3.05) is 11.9 Å². The Bertz CT molecular complexity index is 857. The summed E-state index contributed by atoms with van der Waals surface area (Å²) in [4.78, 5) is 16.7. The second kappa shape index (κ2) is 7.02. The molecule has 27 heavy (non-hydrogen) atoms. The van der Waals surface area contributed by atoms with Gasteiger partial charge in [0, 0.05) is 31.0 Å². The number of carbonyl (C=O) groups is 1. The molecule has 1 saturated heterocycles. The Hall–Kier alpha value is -2.31. The van der Waals surface area contributed by atoms with Crippen molar-refractivity contribution in [3.05, 3.63) is 52.8 Å². The third kappa shape index (κ3) is 3.73. The van der Waals surface area contributed by atoms with Crippen LogP contribution in [0.5, 0.6) is 5.75 Å². The summed E-state index contributed by atoms with van der Waals surface area (Å²) in [7, 11) is 0. The van der Waals surface area contributed by atoms with Crippen LogP contribution < -0.4 is 15.4 Å². The lowest BCUT2D eigenvalue weighted by Crippen LogP contribution is -2.39. The molecule has 2 aliphatic rings. The average molecular weight is 388 g/mol. The molecule has 142 valence electrons. The number of urea groups is 1. The predicted molar refractivity (Wildman–Crippen MR) is 103 cm³/mol. The van der Waals surface area contributed by atoms with Gasteiger partial charge in [0.15, 0.2) is 0 Å². The second-order valence-electron chi connectivity index (χ2n) is 7.51. The van der Waals surface area contributed by atoms with Gasteiger partial charge in [0.05, 0.1) is 11.1 Å². The summed E-state index contributed by atoms with van der Waals surface area (Å²) in [5, 5.41) is 6.33. The number of hydrogen-bond acceptors (Lipinski definition) is 4. The Kier molecular flexibility index (Phi) is 4.70. The van der Waals surface area contributed by atoms with Gasteiger partial charge in [-0.2, -0.15) is 0 Å². The standard InChI is InChI=1S/C20H22ClN3O3/c1-20(2)11-13-3-4-14(21)16(18(13)27-20)24-19(25)23-15-7-10-26-17(15)12-5-8-22-9-6-12/h3-6,8-9,15,17H,7,10-11H2,1-2H3,(H2,23,24,25)/t15-,17+/m1/s1. The molecule has 0 bridgehead atoms. The third-order valence-electron chi connectivity index (χ3n) is 4.86. The van der Waals surface area contributed by atoms with Crippen molar-refractivity contribution < 1.29 is 14.3 Å². The first-order valence-electron chi connectivity index (χ1n) is 9.02. The molecule has 2 N–H and O–H groups in total. The van der Waals surface area contributed by atoms with Crippen molar-refractivity contribution in [3.63, 3.8) is 0 Å². The molecule has 0 aliphatic carbocycles. The molecule has 2 atom stereocenters. The molecular formula is C20H22ClN3O3. The number of ether oxygens (including phenoxy) is 2. The van der Waals surface area contributed by atoms with Crippen LogP contribution in [0.2, 0.25) is 5.02 Å². The molecule has 1 aromatic carbocycles. The van der Waals surface area contributed by atoms with Gasteiger partial charge in [-0.25, -0.2) is 4.79 Å². The molecule has 7 heteroatoms. The van der Waals surface area contributed by atoms with Crippen LogP contribution in [0.1, 0.15) is 37.5 Å². The minimum atomic E-state index is -0.326. The quantitative estimate of drug-likeness (QED) is 0.831. The Balaban J connectivity index is 1.49. The fourth-order valence-corrected chi connectivity index (χ4v) is 3.88. The first kappa shape index (κ1) is 18.1. The molecule has 3 heterocycles. The summed E-state index contributed by atoms with van der Waals surface area (Å²) in [6, 6.07) is 7.09. The van der Waals surface area contributed by atoms with Crippen molar-refractivity contribution in [1.29, 1.82) is 0 Å². The van der Waals surface area contributed by atoms with E-state index in [9.17, 15) is 4.79 Å². The van der Waals surface area contributed by atoms with Crippen LogP contribution in [0.15, 0.2) is 36.7 Å². The van der Waals surface area contributed by atoms with Crippen molar-refractivity contribution in [3.8, 4) is 5.75 Å². The first-order valence-corrected chi connectivity index (χ1v) is 9.40. The smallest absolute Gasteiger partial charge is 0.319 e.